The molecular weight excluding hydrogens is 420 g/mol. The summed E-state index contributed by atoms with van der Waals surface area (Å²) in [6.45, 7) is 2.11. The molecule has 2 heterocycles. The van der Waals surface area contributed by atoms with Gasteiger partial charge >= 0.3 is 5.97 Å². The Morgan fingerprint density at radius 1 is 1.23 bits per heavy atom. The second kappa shape index (κ2) is 9.66. The molecule has 0 atom stereocenters. The van der Waals surface area contributed by atoms with Crippen molar-refractivity contribution < 1.29 is 18.7 Å². The van der Waals surface area contributed by atoms with Crippen LogP contribution in [-0.2, 0) is 22.4 Å². The van der Waals surface area contributed by atoms with Crippen molar-refractivity contribution in [2.45, 2.75) is 50.7 Å². The van der Waals surface area contributed by atoms with Crippen molar-refractivity contribution >= 4 is 51.1 Å². The minimum absolute atomic E-state index is 0.124. The van der Waals surface area contributed by atoms with Crippen molar-refractivity contribution in [3.8, 4) is 0 Å². The highest BCUT2D eigenvalue weighted by Crippen LogP contribution is 2.38. The quantitative estimate of drug-likeness (QED) is 0.296. The lowest BCUT2D eigenvalue weighted by Crippen LogP contribution is -2.15. The zero-order valence-corrected chi connectivity index (χ0v) is 18.5. The molecule has 3 aromatic rings. The maximum Gasteiger partial charge on any atom is 0.341 e. The molecule has 8 heteroatoms. The number of hydrogen-bond donors (Lipinski definition) is 1. The lowest BCUT2D eigenvalue weighted by molar-refractivity contribution is -0.115. The summed E-state index contributed by atoms with van der Waals surface area (Å²) in [5, 5.41) is 4.13. The Morgan fingerprint density at radius 2 is 2.07 bits per heavy atom. The fraction of sp³-hybridized carbons (Fsp3) is 0.409. The highest BCUT2D eigenvalue weighted by atomic mass is 32.2. The first-order valence-electron chi connectivity index (χ1n) is 10.3. The van der Waals surface area contributed by atoms with Crippen LogP contribution in [0.3, 0.4) is 0 Å². The first-order valence-corrected chi connectivity index (χ1v) is 12.1. The van der Waals surface area contributed by atoms with Crippen molar-refractivity contribution in [3.05, 3.63) is 40.3 Å². The van der Waals surface area contributed by atoms with Gasteiger partial charge in [-0.25, -0.2) is 9.78 Å². The number of aromatic nitrogens is 1. The molecule has 0 spiro atoms. The van der Waals surface area contributed by atoms with Crippen LogP contribution in [0.4, 0.5) is 5.00 Å². The molecule has 158 valence electrons. The molecule has 1 N–H and O–H groups in total. The maximum atomic E-state index is 12.6. The van der Waals surface area contributed by atoms with Crippen molar-refractivity contribution in [3.63, 3.8) is 0 Å². The number of fused-ring (bicyclic) bond motifs is 2. The van der Waals surface area contributed by atoms with Crippen LogP contribution in [0.1, 0.15) is 53.4 Å². The van der Waals surface area contributed by atoms with Crippen LogP contribution in [0.2, 0.25) is 0 Å². The Bertz CT molecular complexity index is 1020. The number of carbonyl (C=O) groups is 2. The number of nitrogens with one attached hydrogen (secondary N) is 1. The van der Waals surface area contributed by atoms with Gasteiger partial charge in [-0.05, 0) is 50.3 Å². The number of hydrogen-bond acceptors (Lipinski definition) is 7. The fourth-order valence-corrected chi connectivity index (χ4v) is 5.65. The molecule has 0 unspecified atom stereocenters. The van der Waals surface area contributed by atoms with E-state index in [0.717, 1.165) is 42.3 Å². The standard InChI is InChI=1S/C22H24N2O4S2/c1-2-27-21(26)19-14-8-4-3-5-11-17(14)30-20(19)24-18(25)12-13-29-22-23-15-9-6-7-10-16(15)28-22/h6-7,9-10H,2-5,8,11-13H2,1H3,(H,24,25). The zero-order chi connectivity index (χ0) is 20.9. The lowest BCUT2D eigenvalue weighted by Gasteiger charge is -2.08. The average molecular weight is 445 g/mol. The van der Waals surface area contributed by atoms with Gasteiger partial charge in [-0.15, -0.1) is 11.3 Å². The highest BCUT2D eigenvalue weighted by molar-refractivity contribution is 7.99. The number of rotatable bonds is 7. The number of anilines is 1. The number of aryl methyl sites for hydroxylation is 1. The number of para-hydroxylation sites is 2. The second-order valence-corrected chi connectivity index (χ2v) is 9.23. The Labute approximate surface area is 183 Å². The largest absolute Gasteiger partial charge is 0.462 e. The van der Waals surface area contributed by atoms with Gasteiger partial charge in [-0.1, -0.05) is 30.3 Å². The van der Waals surface area contributed by atoms with E-state index in [4.69, 9.17) is 9.15 Å². The molecule has 1 aromatic carbocycles. The number of ether oxygens (including phenoxy) is 1. The third-order valence-corrected chi connectivity index (χ3v) is 7.02. The minimum Gasteiger partial charge on any atom is -0.462 e. The summed E-state index contributed by atoms with van der Waals surface area (Å²) in [4.78, 5) is 30.8. The molecule has 0 saturated carbocycles. The van der Waals surface area contributed by atoms with Gasteiger partial charge in [-0.2, -0.15) is 0 Å². The summed E-state index contributed by atoms with van der Waals surface area (Å²) in [6, 6.07) is 7.58. The molecule has 0 aliphatic heterocycles. The van der Waals surface area contributed by atoms with E-state index in [9.17, 15) is 9.59 Å². The summed E-state index contributed by atoms with van der Waals surface area (Å²) in [6.07, 6.45) is 5.46. The number of thioether (sulfide) groups is 1. The van der Waals surface area contributed by atoms with Crippen molar-refractivity contribution in [1.82, 2.24) is 4.98 Å². The molecule has 1 amide bonds. The molecule has 0 bridgehead atoms. The Morgan fingerprint density at radius 3 is 2.90 bits per heavy atom. The van der Waals surface area contributed by atoms with Crippen molar-refractivity contribution in [2.75, 3.05) is 17.7 Å². The van der Waals surface area contributed by atoms with Crippen LogP contribution in [-0.4, -0.2) is 29.2 Å². The predicted molar refractivity (Wildman–Crippen MR) is 120 cm³/mol. The molecule has 30 heavy (non-hydrogen) atoms. The number of benzene rings is 1. The molecule has 0 fully saturated rings. The average Bonchev–Trinajstić information content (AvgIpc) is 3.21. The number of carbonyl (C=O) groups excluding carboxylic acids is 2. The summed E-state index contributed by atoms with van der Waals surface area (Å²) in [5.74, 6) is 0.0759. The van der Waals surface area contributed by atoms with E-state index in [0.29, 0.717) is 34.6 Å². The molecule has 0 radical (unpaired) electrons. The maximum absolute atomic E-state index is 12.6. The van der Waals surface area contributed by atoms with Gasteiger partial charge in [0.1, 0.15) is 10.5 Å². The fourth-order valence-electron chi connectivity index (χ4n) is 3.58. The van der Waals surface area contributed by atoms with Gasteiger partial charge in [0, 0.05) is 17.1 Å². The number of oxazole rings is 1. The van der Waals surface area contributed by atoms with Gasteiger partial charge in [0.05, 0.1) is 12.2 Å². The highest BCUT2D eigenvalue weighted by Gasteiger charge is 2.26. The number of nitrogens with zero attached hydrogens (tertiary/aromatic N) is 1. The molecule has 2 aromatic heterocycles. The first kappa shape index (κ1) is 20.9. The van der Waals surface area contributed by atoms with Gasteiger partial charge in [-0.3, -0.25) is 4.79 Å². The van der Waals surface area contributed by atoms with E-state index in [1.54, 1.807) is 6.92 Å². The third kappa shape index (κ3) is 4.70. The number of thiophene rings is 1. The second-order valence-electron chi connectivity index (χ2n) is 7.08. The molecule has 1 aliphatic carbocycles. The smallest absolute Gasteiger partial charge is 0.341 e. The summed E-state index contributed by atoms with van der Waals surface area (Å²) < 4.78 is 10.9. The SMILES string of the molecule is CCOC(=O)c1c(NC(=O)CCSc2nc3ccccc3o2)sc2c1CCCCC2. The van der Waals surface area contributed by atoms with E-state index in [2.05, 4.69) is 10.3 Å². The zero-order valence-electron chi connectivity index (χ0n) is 16.9. The van der Waals surface area contributed by atoms with Gasteiger partial charge in [0.25, 0.3) is 5.22 Å². The van der Waals surface area contributed by atoms with Crippen LogP contribution in [0.25, 0.3) is 11.1 Å². The van der Waals surface area contributed by atoms with Crippen LogP contribution < -0.4 is 5.32 Å². The van der Waals surface area contributed by atoms with Crippen LogP contribution in [0.5, 0.6) is 0 Å². The lowest BCUT2D eigenvalue weighted by atomic mass is 10.1. The monoisotopic (exact) mass is 444 g/mol. The minimum atomic E-state index is -0.340. The van der Waals surface area contributed by atoms with E-state index < -0.39 is 0 Å². The molecule has 4 rings (SSSR count). The molecule has 1 aliphatic rings. The van der Waals surface area contributed by atoms with Crippen LogP contribution in [0, 0.1) is 0 Å². The van der Waals surface area contributed by atoms with E-state index in [-0.39, 0.29) is 11.9 Å². The topological polar surface area (TPSA) is 81.4 Å². The van der Waals surface area contributed by atoms with Gasteiger partial charge < -0.3 is 14.5 Å². The Kier molecular flexibility index (Phi) is 6.74. The van der Waals surface area contributed by atoms with Crippen molar-refractivity contribution in [2.24, 2.45) is 0 Å². The van der Waals surface area contributed by atoms with Gasteiger partial charge in [0.15, 0.2) is 5.58 Å². The number of amides is 1. The Hall–Kier alpha value is -2.32. The number of esters is 1. The predicted octanol–water partition coefficient (Wildman–Crippen LogP) is 5.46. The molecule has 6 nitrogen and oxygen atoms in total. The van der Waals surface area contributed by atoms with E-state index in [1.165, 1.54) is 34.4 Å². The molecular formula is C22H24N2O4S2. The van der Waals surface area contributed by atoms with Crippen molar-refractivity contribution in [1.29, 1.82) is 0 Å². The van der Waals surface area contributed by atoms with Crippen LogP contribution >= 0.6 is 23.1 Å². The third-order valence-electron chi connectivity index (χ3n) is 4.98. The molecule has 0 saturated heterocycles. The van der Waals surface area contributed by atoms with E-state index in [1.807, 2.05) is 24.3 Å². The summed E-state index contributed by atoms with van der Waals surface area (Å²) >= 11 is 2.93. The summed E-state index contributed by atoms with van der Waals surface area (Å²) in [5.41, 5.74) is 3.16. The Balaban J connectivity index is 1.41. The first-order chi connectivity index (χ1) is 14.7. The van der Waals surface area contributed by atoms with E-state index >= 15 is 0 Å². The summed E-state index contributed by atoms with van der Waals surface area (Å²) in [7, 11) is 0. The van der Waals surface area contributed by atoms with Gasteiger partial charge in [0.2, 0.25) is 5.91 Å². The normalized spacial score (nSPS) is 13.6. The van der Waals surface area contributed by atoms with Crippen LogP contribution in [0.15, 0.2) is 33.9 Å².